The zero-order chi connectivity index (χ0) is 15.8. The molecule has 22 heavy (non-hydrogen) atoms. The van der Waals surface area contributed by atoms with Crippen LogP contribution < -0.4 is 10.1 Å². The number of amides is 1. The molecule has 2 N–H and O–H groups in total. The van der Waals surface area contributed by atoms with Gasteiger partial charge in [0, 0.05) is 6.54 Å². The number of benzene rings is 2. The van der Waals surface area contributed by atoms with Crippen LogP contribution in [0.1, 0.15) is 17.5 Å². The number of hydrogen-bond acceptors (Lipinski definition) is 3. The van der Waals surface area contributed by atoms with E-state index in [4.69, 9.17) is 4.74 Å². The van der Waals surface area contributed by atoms with Gasteiger partial charge < -0.3 is 15.2 Å². The van der Waals surface area contributed by atoms with Crippen LogP contribution in [0, 0.1) is 0 Å². The van der Waals surface area contributed by atoms with Crippen molar-refractivity contribution in [2.75, 3.05) is 13.7 Å². The second-order valence-electron chi connectivity index (χ2n) is 5.15. The summed E-state index contributed by atoms with van der Waals surface area (Å²) in [6.07, 6.45) is 2.02. The molecule has 2 aromatic rings. The van der Waals surface area contributed by atoms with Crippen LogP contribution in [0.4, 0.5) is 0 Å². The largest absolute Gasteiger partial charge is 0.508 e. The highest BCUT2D eigenvalue weighted by Gasteiger charge is 2.04. The molecule has 4 nitrogen and oxygen atoms in total. The van der Waals surface area contributed by atoms with Crippen LogP contribution in [-0.4, -0.2) is 24.7 Å². The Morgan fingerprint density at radius 3 is 2.68 bits per heavy atom. The number of aromatic hydroxyl groups is 1. The molecule has 0 fully saturated rings. The molecule has 0 saturated carbocycles. The van der Waals surface area contributed by atoms with Gasteiger partial charge in [0.15, 0.2) is 0 Å². The zero-order valence-electron chi connectivity index (χ0n) is 12.7. The van der Waals surface area contributed by atoms with Crippen molar-refractivity contribution in [2.45, 2.75) is 19.3 Å². The maximum atomic E-state index is 11.9. The number of phenolic OH excluding ortho intramolecular Hbond substituents is 1. The normalized spacial score (nSPS) is 10.2. The molecule has 0 saturated heterocycles. The Kier molecular flexibility index (Phi) is 5.83. The number of aryl methyl sites for hydroxylation is 1. The molecular weight excluding hydrogens is 278 g/mol. The predicted octanol–water partition coefficient (Wildman–Crippen LogP) is 2.69. The van der Waals surface area contributed by atoms with Crippen molar-refractivity contribution in [2.24, 2.45) is 0 Å². The summed E-state index contributed by atoms with van der Waals surface area (Å²) < 4.78 is 5.14. The molecule has 0 aromatic heterocycles. The first-order valence-corrected chi connectivity index (χ1v) is 7.35. The summed E-state index contributed by atoms with van der Waals surface area (Å²) in [6.45, 7) is 0.623. The molecule has 0 bridgehead atoms. The maximum Gasteiger partial charge on any atom is 0.224 e. The van der Waals surface area contributed by atoms with Crippen molar-refractivity contribution in [3.8, 4) is 11.5 Å². The lowest BCUT2D eigenvalue weighted by Gasteiger charge is -2.07. The number of hydrogen-bond donors (Lipinski definition) is 2. The molecule has 0 heterocycles. The van der Waals surface area contributed by atoms with E-state index >= 15 is 0 Å². The van der Waals surface area contributed by atoms with Gasteiger partial charge in [-0.15, -0.1) is 0 Å². The fourth-order valence-corrected chi connectivity index (χ4v) is 2.26. The summed E-state index contributed by atoms with van der Waals surface area (Å²) in [6, 6.07) is 14.7. The quantitative estimate of drug-likeness (QED) is 0.773. The Bertz CT molecular complexity index is 625. The monoisotopic (exact) mass is 299 g/mol. The van der Waals surface area contributed by atoms with Gasteiger partial charge in [-0.25, -0.2) is 0 Å². The number of rotatable bonds is 7. The SMILES string of the molecule is COc1cccc(CC(=O)NCCCc2cccc(O)c2)c1. The molecule has 1 amide bonds. The third-order valence-electron chi connectivity index (χ3n) is 3.37. The van der Waals surface area contributed by atoms with Crippen molar-refractivity contribution in [1.82, 2.24) is 5.32 Å². The summed E-state index contributed by atoms with van der Waals surface area (Å²) in [4.78, 5) is 11.9. The molecule has 2 rings (SSSR count). The van der Waals surface area contributed by atoms with Gasteiger partial charge in [0.05, 0.1) is 13.5 Å². The van der Waals surface area contributed by atoms with Gasteiger partial charge in [-0.3, -0.25) is 4.79 Å². The zero-order valence-corrected chi connectivity index (χ0v) is 12.7. The van der Waals surface area contributed by atoms with Crippen LogP contribution in [0.5, 0.6) is 11.5 Å². The molecule has 0 aliphatic heterocycles. The maximum absolute atomic E-state index is 11.9. The number of phenols is 1. The lowest BCUT2D eigenvalue weighted by Crippen LogP contribution is -2.26. The number of carbonyl (C=O) groups excluding carboxylic acids is 1. The first-order valence-electron chi connectivity index (χ1n) is 7.35. The Morgan fingerprint density at radius 2 is 1.91 bits per heavy atom. The van der Waals surface area contributed by atoms with Crippen LogP contribution in [0.25, 0.3) is 0 Å². The number of ether oxygens (including phenoxy) is 1. The first kappa shape index (κ1) is 15.9. The van der Waals surface area contributed by atoms with E-state index in [1.54, 1.807) is 19.2 Å². The smallest absolute Gasteiger partial charge is 0.224 e. The Morgan fingerprint density at radius 1 is 1.14 bits per heavy atom. The van der Waals surface area contributed by atoms with E-state index in [2.05, 4.69) is 5.32 Å². The second-order valence-corrected chi connectivity index (χ2v) is 5.15. The fraction of sp³-hybridized carbons (Fsp3) is 0.278. The van der Waals surface area contributed by atoms with Gasteiger partial charge in [0.2, 0.25) is 5.91 Å². The van der Waals surface area contributed by atoms with Gasteiger partial charge in [0.1, 0.15) is 11.5 Å². The predicted molar refractivity (Wildman–Crippen MR) is 86.1 cm³/mol. The van der Waals surface area contributed by atoms with Crippen LogP contribution in [0.15, 0.2) is 48.5 Å². The minimum Gasteiger partial charge on any atom is -0.508 e. The van der Waals surface area contributed by atoms with Crippen LogP contribution in [0.3, 0.4) is 0 Å². The Labute approximate surface area is 130 Å². The van der Waals surface area contributed by atoms with E-state index in [1.807, 2.05) is 36.4 Å². The summed E-state index contributed by atoms with van der Waals surface area (Å²) in [5.41, 5.74) is 2.01. The number of nitrogens with one attached hydrogen (secondary N) is 1. The van der Waals surface area contributed by atoms with Crippen LogP contribution in [0.2, 0.25) is 0 Å². The molecule has 0 atom stereocenters. The fourth-order valence-electron chi connectivity index (χ4n) is 2.26. The van der Waals surface area contributed by atoms with Gasteiger partial charge in [0.25, 0.3) is 0 Å². The summed E-state index contributed by atoms with van der Waals surface area (Å²) in [5, 5.41) is 12.3. The summed E-state index contributed by atoms with van der Waals surface area (Å²) in [5.74, 6) is 1.04. The van der Waals surface area contributed by atoms with E-state index in [9.17, 15) is 9.90 Å². The topological polar surface area (TPSA) is 58.6 Å². The Balaban J connectivity index is 1.71. The van der Waals surface area contributed by atoms with Gasteiger partial charge in [-0.05, 0) is 48.2 Å². The molecule has 0 unspecified atom stereocenters. The molecular formula is C18H21NO3. The first-order chi connectivity index (χ1) is 10.7. The second kappa shape index (κ2) is 8.08. The third kappa shape index (κ3) is 5.13. The van der Waals surface area contributed by atoms with Gasteiger partial charge in [-0.2, -0.15) is 0 Å². The van der Waals surface area contributed by atoms with Crippen LogP contribution in [-0.2, 0) is 17.6 Å². The molecule has 116 valence electrons. The van der Waals surface area contributed by atoms with Crippen molar-refractivity contribution >= 4 is 5.91 Å². The summed E-state index contributed by atoms with van der Waals surface area (Å²) in [7, 11) is 1.61. The minimum absolute atomic E-state index is 0.00385. The molecule has 0 spiro atoms. The Hall–Kier alpha value is -2.49. The van der Waals surface area contributed by atoms with E-state index in [-0.39, 0.29) is 11.7 Å². The third-order valence-corrected chi connectivity index (χ3v) is 3.37. The van der Waals surface area contributed by atoms with Gasteiger partial charge in [-0.1, -0.05) is 24.3 Å². The highest BCUT2D eigenvalue weighted by atomic mass is 16.5. The molecule has 2 aromatic carbocycles. The van der Waals surface area contributed by atoms with Crippen LogP contribution >= 0.6 is 0 Å². The molecule has 0 aliphatic carbocycles. The lowest BCUT2D eigenvalue weighted by molar-refractivity contribution is -0.120. The van der Waals surface area contributed by atoms with Crippen molar-refractivity contribution in [1.29, 1.82) is 0 Å². The summed E-state index contributed by atoms with van der Waals surface area (Å²) >= 11 is 0. The van der Waals surface area contributed by atoms with E-state index in [0.717, 1.165) is 29.7 Å². The number of methoxy groups -OCH3 is 1. The van der Waals surface area contributed by atoms with E-state index < -0.39 is 0 Å². The number of carbonyl (C=O) groups is 1. The molecule has 0 aliphatic rings. The average Bonchev–Trinajstić information content (AvgIpc) is 2.52. The highest BCUT2D eigenvalue weighted by molar-refractivity contribution is 5.78. The molecule has 0 radical (unpaired) electrons. The van der Waals surface area contributed by atoms with Crippen molar-refractivity contribution < 1.29 is 14.6 Å². The minimum atomic E-state index is 0.00385. The standard InChI is InChI=1S/C18H21NO3/c1-22-17-9-3-6-15(12-17)13-18(21)19-10-4-7-14-5-2-8-16(20)11-14/h2-3,5-6,8-9,11-12,20H,4,7,10,13H2,1H3,(H,19,21). The van der Waals surface area contributed by atoms with E-state index in [1.165, 1.54) is 0 Å². The highest BCUT2D eigenvalue weighted by Crippen LogP contribution is 2.13. The lowest BCUT2D eigenvalue weighted by atomic mass is 10.1. The average molecular weight is 299 g/mol. The van der Waals surface area contributed by atoms with E-state index in [0.29, 0.717) is 13.0 Å². The van der Waals surface area contributed by atoms with Gasteiger partial charge >= 0.3 is 0 Å². The van der Waals surface area contributed by atoms with Crippen molar-refractivity contribution in [3.05, 3.63) is 59.7 Å². The molecule has 4 heteroatoms. The van der Waals surface area contributed by atoms with Crippen molar-refractivity contribution in [3.63, 3.8) is 0 Å².